The second-order valence-corrected chi connectivity index (χ2v) is 10.5. The van der Waals surface area contributed by atoms with E-state index < -0.39 is 0 Å². The highest BCUT2D eigenvalue weighted by Gasteiger charge is 2.22. The molecule has 0 saturated heterocycles. The summed E-state index contributed by atoms with van der Waals surface area (Å²) in [6.07, 6.45) is 17.4. The molecule has 2 aliphatic rings. The van der Waals surface area contributed by atoms with E-state index in [1.54, 1.807) is 0 Å². The van der Waals surface area contributed by atoms with E-state index in [2.05, 4.69) is 73.5 Å². The van der Waals surface area contributed by atoms with Crippen molar-refractivity contribution in [1.82, 2.24) is 19.1 Å². The number of allylic oxidation sites excluding steroid dienone is 8. The summed E-state index contributed by atoms with van der Waals surface area (Å²) in [5.74, 6) is 2.64. The molecule has 0 saturated carbocycles. The lowest BCUT2D eigenvalue weighted by Crippen LogP contribution is -2.20. The van der Waals surface area contributed by atoms with Crippen molar-refractivity contribution in [1.29, 1.82) is 0 Å². The molecule has 2 atom stereocenters. The van der Waals surface area contributed by atoms with E-state index in [1.807, 2.05) is 14.1 Å². The first-order valence-electron chi connectivity index (χ1n) is 12.5. The fourth-order valence-electron chi connectivity index (χ4n) is 4.72. The molecule has 0 radical (unpaired) electrons. The summed E-state index contributed by atoms with van der Waals surface area (Å²) in [5, 5.41) is 0. The van der Waals surface area contributed by atoms with E-state index in [0.717, 1.165) is 48.7 Å². The summed E-state index contributed by atoms with van der Waals surface area (Å²) < 4.78 is 4.15. The zero-order chi connectivity index (χ0) is 24.6. The predicted octanol–water partition coefficient (Wildman–Crippen LogP) is 5.37. The van der Waals surface area contributed by atoms with Crippen LogP contribution in [0.2, 0.25) is 0 Å². The van der Waals surface area contributed by atoms with Gasteiger partial charge >= 0.3 is 0 Å². The molecule has 2 aromatic rings. The standard InChI is InChI=1S/C28H40N6/c1-17(2)25(29)27-31-23(15-33(27)5)21-11-7-19(8-12-21)20-9-13-22(14-10-20)24-16-34(6)28(32-24)26(30)18(3)4/h7,9,11,13,15-18,25-26H,8,10,12,14,29-30H2,1-6H3. The van der Waals surface area contributed by atoms with Crippen LogP contribution in [0.1, 0.15) is 88.5 Å². The van der Waals surface area contributed by atoms with Crippen molar-refractivity contribution in [3.05, 3.63) is 70.9 Å². The minimum atomic E-state index is -0.0429. The maximum Gasteiger partial charge on any atom is 0.126 e. The molecule has 0 amide bonds. The third kappa shape index (κ3) is 4.89. The monoisotopic (exact) mass is 460 g/mol. The fraction of sp³-hybridized carbons (Fsp3) is 0.500. The number of hydrogen-bond donors (Lipinski definition) is 2. The average molecular weight is 461 g/mol. The van der Waals surface area contributed by atoms with E-state index in [1.165, 1.54) is 22.3 Å². The first-order valence-corrected chi connectivity index (χ1v) is 12.5. The molecule has 6 nitrogen and oxygen atoms in total. The van der Waals surface area contributed by atoms with Crippen LogP contribution in [0.3, 0.4) is 0 Å². The Labute approximate surface area is 204 Å². The maximum atomic E-state index is 6.35. The van der Waals surface area contributed by atoms with Crippen LogP contribution in [0.4, 0.5) is 0 Å². The molecule has 4 N–H and O–H groups in total. The molecular weight excluding hydrogens is 420 g/mol. The molecule has 0 aromatic carbocycles. The van der Waals surface area contributed by atoms with Gasteiger partial charge in [-0.25, -0.2) is 9.97 Å². The number of aryl methyl sites for hydroxylation is 2. The second kappa shape index (κ2) is 9.88. The number of nitrogens with two attached hydrogens (primary N) is 2. The van der Waals surface area contributed by atoms with Gasteiger partial charge < -0.3 is 20.6 Å². The summed E-state index contributed by atoms with van der Waals surface area (Å²) in [6, 6.07) is -0.0857. The first-order chi connectivity index (χ1) is 16.2. The van der Waals surface area contributed by atoms with Gasteiger partial charge in [0.1, 0.15) is 11.6 Å². The molecule has 34 heavy (non-hydrogen) atoms. The van der Waals surface area contributed by atoms with Crippen molar-refractivity contribution >= 4 is 11.1 Å². The van der Waals surface area contributed by atoms with E-state index >= 15 is 0 Å². The summed E-state index contributed by atoms with van der Waals surface area (Å²) >= 11 is 0. The van der Waals surface area contributed by atoms with Gasteiger partial charge in [-0.15, -0.1) is 0 Å². The van der Waals surface area contributed by atoms with Gasteiger partial charge in [-0.2, -0.15) is 0 Å². The Morgan fingerprint density at radius 2 is 0.941 bits per heavy atom. The summed E-state index contributed by atoms with van der Waals surface area (Å²) in [4.78, 5) is 9.73. The number of imidazole rings is 2. The normalized spacial score (nSPS) is 18.5. The zero-order valence-electron chi connectivity index (χ0n) is 21.5. The Morgan fingerprint density at radius 3 is 1.24 bits per heavy atom. The quantitative estimate of drug-likeness (QED) is 0.581. The Bertz CT molecular complexity index is 1080. The maximum absolute atomic E-state index is 6.35. The van der Waals surface area contributed by atoms with Gasteiger partial charge in [-0.3, -0.25) is 0 Å². The fourth-order valence-corrected chi connectivity index (χ4v) is 4.72. The van der Waals surface area contributed by atoms with Gasteiger partial charge in [0.2, 0.25) is 0 Å². The summed E-state index contributed by atoms with van der Waals surface area (Å²) in [5.41, 5.74) is 20.2. The topological polar surface area (TPSA) is 87.7 Å². The smallest absolute Gasteiger partial charge is 0.126 e. The lowest BCUT2D eigenvalue weighted by Gasteiger charge is -2.19. The lowest BCUT2D eigenvalue weighted by atomic mass is 9.86. The third-order valence-electron chi connectivity index (χ3n) is 7.23. The molecule has 0 fully saturated rings. The van der Waals surface area contributed by atoms with Crippen molar-refractivity contribution in [2.45, 2.75) is 65.5 Å². The van der Waals surface area contributed by atoms with E-state index in [-0.39, 0.29) is 12.1 Å². The highest BCUT2D eigenvalue weighted by molar-refractivity contribution is 5.70. The van der Waals surface area contributed by atoms with Crippen LogP contribution >= 0.6 is 0 Å². The van der Waals surface area contributed by atoms with Crippen LogP contribution in [0.15, 0.2) is 47.8 Å². The van der Waals surface area contributed by atoms with Crippen LogP contribution in [-0.2, 0) is 14.1 Å². The molecule has 0 bridgehead atoms. The predicted molar refractivity (Wildman–Crippen MR) is 141 cm³/mol. The van der Waals surface area contributed by atoms with Crippen LogP contribution in [0.5, 0.6) is 0 Å². The minimum Gasteiger partial charge on any atom is -0.336 e. The van der Waals surface area contributed by atoms with Crippen LogP contribution < -0.4 is 11.5 Å². The number of aromatic nitrogens is 4. The van der Waals surface area contributed by atoms with Gasteiger partial charge in [-0.05, 0) is 59.8 Å². The molecule has 2 unspecified atom stereocenters. The number of rotatable bonds is 7. The van der Waals surface area contributed by atoms with Crippen molar-refractivity contribution in [2.75, 3.05) is 0 Å². The second-order valence-electron chi connectivity index (χ2n) is 10.5. The SMILES string of the molecule is CC(C)C(N)c1nc(C2=CC=C(C3=CC=C(c4cn(C)c(C(N)C(C)C)n4)CC3)CC2)cn1C. The molecule has 2 heterocycles. The van der Waals surface area contributed by atoms with Crippen molar-refractivity contribution in [3.63, 3.8) is 0 Å². The Balaban J connectivity index is 1.50. The highest BCUT2D eigenvalue weighted by atomic mass is 15.1. The zero-order valence-corrected chi connectivity index (χ0v) is 21.5. The van der Waals surface area contributed by atoms with Gasteiger partial charge in [-0.1, -0.05) is 52.0 Å². The van der Waals surface area contributed by atoms with Gasteiger partial charge in [0.25, 0.3) is 0 Å². The largest absolute Gasteiger partial charge is 0.336 e. The summed E-state index contributed by atoms with van der Waals surface area (Å²) in [7, 11) is 4.08. The summed E-state index contributed by atoms with van der Waals surface area (Å²) in [6.45, 7) is 8.55. The van der Waals surface area contributed by atoms with Crippen LogP contribution in [-0.4, -0.2) is 19.1 Å². The Hall–Kier alpha value is -2.70. The third-order valence-corrected chi connectivity index (χ3v) is 7.23. The molecular formula is C28H40N6. The Kier molecular flexibility index (Phi) is 7.10. The Morgan fingerprint density at radius 1 is 0.618 bits per heavy atom. The van der Waals surface area contributed by atoms with E-state index in [4.69, 9.17) is 21.4 Å². The first kappa shape index (κ1) is 24.4. The molecule has 2 aliphatic carbocycles. The lowest BCUT2D eigenvalue weighted by molar-refractivity contribution is 0.478. The molecule has 0 aliphatic heterocycles. The van der Waals surface area contributed by atoms with Gasteiger partial charge in [0, 0.05) is 26.5 Å². The molecule has 0 spiro atoms. The van der Waals surface area contributed by atoms with E-state index in [0.29, 0.717) is 11.8 Å². The van der Waals surface area contributed by atoms with E-state index in [9.17, 15) is 0 Å². The minimum absolute atomic E-state index is 0.0429. The molecule has 2 aromatic heterocycles. The van der Waals surface area contributed by atoms with Crippen molar-refractivity contribution in [3.8, 4) is 0 Å². The van der Waals surface area contributed by atoms with Crippen LogP contribution in [0, 0.1) is 11.8 Å². The molecule has 182 valence electrons. The number of hydrogen-bond acceptors (Lipinski definition) is 4. The number of nitrogens with zero attached hydrogens (tertiary/aromatic N) is 4. The molecule has 4 rings (SSSR count). The van der Waals surface area contributed by atoms with Gasteiger partial charge in [0.15, 0.2) is 0 Å². The van der Waals surface area contributed by atoms with Gasteiger partial charge in [0.05, 0.1) is 23.5 Å². The molecule has 6 heteroatoms. The van der Waals surface area contributed by atoms with Crippen molar-refractivity contribution < 1.29 is 0 Å². The van der Waals surface area contributed by atoms with Crippen molar-refractivity contribution in [2.24, 2.45) is 37.4 Å². The van der Waals surface area contributed by atoms with Crippen LogP contribution in [0.25, 0.3) is 11.1 Å². The average Bonchev–Trinajstić information content (AvgIpc) is 3.40. The highest BCUT2D eigenvalue weighted by Crippen LogP contribution is 2.36.